The zero-order valence-electron chi connectivity index (χ0n) is 21.9. The van der Waals surface area contributed by atoms with Gasteiger partial charge in [-0.05, 0) is 69.5 Å². The van der Waals surface area contributed by atoms with Crippen LogP contribution in [0, 0.1) is 12.8 Å². The lowest BCUT2D eigenvalue weighted by Crippen LogP contribution is -2.32. The molecule has 0 N–H and O–H groups in total. The minimum atomic E-state index is 0.100. The average molecular weight is 461 g/mol. The van der Waals surface area contributed by atoms with Gasteiger partial charge in [0.2, 0.25) is 5.69 Å². The van der Waals surface area contributed by atoms with Crippen LogP contribution in [0.4, 0.5) is 0 Å². The fourth-order valence-electron chi connectivity index (χ4n) is 5.87. The molecule has 2 nitrogen and oxygen atoms in total. The molecular formula is C33H34NO+. The third-order valence-corrected chi connectivity index (χ3v) is 7.66. The molecule has 1 aliphatic heterocycles. The molecule has 4 aromatic carbocycles. The third kappa shape index (κ3) is 3.26. The Labute approximate surface area is 208 Å². The molecule has 0 bridgehead atoms. The molecule has 2 heterocycles. The van der Waals surface area contributed by atoms with Crippen molar-refractivity contribution in [2.45, 2.75) is 53.4 Å². The van der Waals surface area contributed by atoms with E-state index in [4.69, 9.17) is 4.74 Å². The van der Waals surface area contributed by atoms with Gasteiger partial charge in [0.25, 0.3) is 0 Å². The highest BCUT2D eigenvalue weighted by Gasteiger charge is 2.33. The number of rotatable bonds is 2. The van der Waals surface area contributed by atoms with Crippen LogP contribution in [0.2, 0.25) is 0 Å². The van der Waals surface area contributed by atoms with Crippen LogP contribution in [0.5, 0.6) is 11.5 Å². The Hall–Kier alpha value is -3.39. The lowest BCUT2D eigenvalue weighted by Gasteiger charge is -2.26. The average Bonchev–Trinajstić information content (AvgIpc) is 2.81. The fourth-order valence-corrected chi connectivity index (χ4v) is 5.87. The molecule has 1 aromatic heterocycles. The van der Waals surface area contributed by atoms with Crippen molar-refractivity contribution in [1.82, 2.24) is 0 Å². The summed E-state index contributed by atoms with van der Waals surface area (Å²) < 4.78 is 9.20. The molecule has 35 heavy (non-hydrogen) atoms. The van der Waals surface area contributed by atoms with Crippen LogP contribution < -0.4 is 9.30 Å². The minimum absolute atomic E-state index is 0.100. The number of pyridine rings is 1. The summed E-state index contributed by atoms with van der Waals surface area (Å²) >= 11 is 0. The first kappa shape index (κ1) is 22.1. The van der Waals surface area contributed by atoms with Gasteiger partial charge in [0, 0.05) is 17.0 Å². The molecule has 0 saturated heterocycles. The van der Waals surface area contributed by atoms with E-state index in [1.54, 1.807) is 0 Å². The van der Waals surface area contributed by atoms with Crippen molar-refractivity contribution < 1.29 is 9.30 Å². The van der Waals surface area contributed by atoms with E-state index >= 15 is 0 Å². The molecule has 0 aliphatic carbocycles. The van der Waals surface area contributed by atoms with Gasteiger partial charge in [-0.2, -0.15) is 0 Å². The summed E-state index contributed by atoms with van der Waals surface area (Å²) in [5.74, 6) is 2.54. The van der Waals surface area contributed by atoms with Crippen LogP contribution in [-0.2, 0) is 18.9 Å². The van der Waals surface area contributed by atoms with Crippen molar-refractivity contribution in [3.05, 3.63) is 77.5 Å². The third-order valence-electron chi connectivity index (χ3n) is 7.66. The number of aromatic nitrogens is 1. The van der Waals surface area contributed by atoms with Gasteiger partial charge < -0.3 is 4.74 Å². The van der Waals surface area contributed by atoms with Crippen LogP contribution in [0.1, 0.15) is 51.3 Å². The Morgan fingerprint density at radius 3 is 2.34 bits per heavy atom. The van der Waals surface area contributed by atoms with Crippen molar-refractivity contribution in [3.8, 4) is 22.8 Å². The lowest BCUT2D eigenvalue weighted by molar-refractivity contribution is -0.659. The van der Waals surface area contributed by atoms with Crippen molar-refractivity contribution in [2.75, 3.05) is 0 Å². The molecule has 0 spiro atoms. The number of fused-ring (bicyclic) bond motifs is 5. The van der Waals surface area contributed by atoms with Crippen LogP contribution in [-0.4, -0.2) is 0 Å². The molecule has 6 rings (SSSR count). The molecule has 1 aliphatic rings. The van der Waals surface area contributed by atoms with Gasteiger partial charge in [-0.1, -0.05) is 71.0 Å². The molecule has 0 saturated carbocycles. The van der Waals surface area contributed by atoms with Crippen molar-refractivity contribution in [3.63, 3.8) is 0 Å². The Morgan fingerprint density at radius 1 is 0.886 bits per heavy atom. The number of nitrogens with zero attached hydrogens (tertiary/aromatic N) is 1. The van der Waals surface area contributed by atoms with Crippen molar-refractivity contribution in [1.29, 1.82) is 0 Å². The Balaban J connectivity index is 1.78. The van der Waals surface area contributed by atoms with Gasteiger partial charge in [-0.25, -0.2) is 4.57 Å². The summed E-state index contributed by atoms with van der Waals surface area (Å²) in [6.07, 6.45) is 3.21. The summed E-state index contributed by atoms with van der Waals surface area (Å²) in [7, 11) is 2.17. The largest absolute Gasteiger partial charge is 0.455 e. The second-order valence-electron chi connectivity index (χ2n) is 11.7. The number of ether oxygens (including phenoxy) is 1. The van der Waals surface area contributed by atoms with Gasteiger partial charge in [0.15, 0.2) is 6.20 Å². The molecule has 176 valence electrons. The fraction of sp³-hybridized carbons (Fsp3) is 0.303. The Kier molecular flexibility index (Phi) is 4.77. The quantitative estimate of drug-likeness (QED) is 0.186. The smallest absolute Gasteiger partial charge is 0.228 e. The SMILES string of the molecule is Cc1c2c(c(CC(C)C)c3ccccc13)Oc1cc3ccc(C(C)(C)C)cc3c3cc[n+](C)c-2c13. The predicted molar refractivity (Wildman–Crippen MR) is 148 cm³/mol. The van der Waals surface area contributed by atoms with E-state index in [0.29, 0.717) is 5.92 Å². The topological polar surface area (TPSA) is 13.1 Å². The van der Waals surface area contributed by atoms with E-state index < -0.39 is 0 Å². The van der Waals surface area contributed by atoms with E-state index in [9.17, 15) is 0 Å². The van der Waals surface area contributed by atoms with Crippen molar-refractivity contribution in [2.24, 2.45) is 13.0 Å². The van der Waals surface area contributed by atoms with Crippen LogP contribution in [0.25, 0.3) is 43.6 Å². The van der Waals surface area contributed by atoms with E-state index in [-0.39, 0.29) is 5.41 Å². The monoisotopic (exact) mass is 460 g/mol. The summed E-state index contributed by atoms with van der Waals surface area (Å²) in [4.78, 5) is 0. The zero-order valence-corrected chi connectivity index (χ0v) is 21.9. The molecule has 0 radical (unpaired) electrons. The molecule has 5 aromatic rings. The molecule has 2 heteroatoms. The molecule has 0 fully saturated rings. The standard InChI is InChI=1S/C33H34NO/c1-19(2)16-27-24-11-9-8-10-23(24)20(3)29-31-30-25(14-15-34(31)7)26-18-22(33(4,5)6)13-12-21(26)17-28(30)35-32(27)29/h8-15,17-19H,16H2,1-7H3/q+1. The predicted octanol–water partition coefficient (Wildman–Crippen LogP) is 8.55. The Bertz CT molecular complexity index is 1670. The van der Waals surface area contributed by atoms with E-state index in [1.165, 1.54) is 60.3 Å². The van der Waals surface area contributed by atoms with Gasteiger partial charge >= 0.3 is 0 Å². The summed E-state index contributed by atoms with van der Waals surface area (Å²) in [5.41, 5.74) is 6.57. The maximum Gasteiger partial charge on any atom is 0.228 e. The normalized spacial score (nSPS) is 13.0. The van der Waals surface area contributed by atoms with Gasteiger partial charge in [0.1, 0.15) is 18.5 Å². The van der Waals surface area contributed by atoms with E-state index in [0.717, 1.165) is 17.9 Å². The molecule has 0 amide bonds. The number of hydrogen-bond acceptors (Lipinski definition) is 1. The highest BCUT2D eigenvalue weighted by Crippen LogP contribution is 2.52. The highest BCUT2D eigenvalue weighted by molar-refractivity contribution is 6.16. The van der Waals surface area contributed by atoms with Crippen LogP contribution in [0.3, 0.4) is 0 Å². The summed E-state index contributed by atoms with van der Waals surface area (Å²) in [5, 5.41) is 7.64. The minimum Gasteiger partial charge on any atom is -0.455 e. The van der Waals surface area contributed by atoms with E-state index in [2.05, 4.69) is 114 Å². The maximum atomic E-state index is 6.92. The zero-order chi connectivity index (χ0) is 24.6. The van der Waals surface area contributed by atoms with Crippen LogP contribution >= 0.6 is 0 Å². The lowest BCUT2D eigenvalue weighted by atomic mass is 9.83. The first-order chi connectivity index (χ1) is 16.6. The van der Waals surface area contributed by atoms with Crippen molar-refractivity contribution >= 4 is 32.3 Å². The second kappa shape index (κ2) is 7.55. The molecule has 0 unspecified atom stereocenters. The van der Waals surface area contributed by atoms with E-state index in [1.807, 2.05) is 0 Å². The van der Waals surface area contributed by atoms with Gasteiger partial charge in [-0.15, -0.1) is 0 Å². The number of aryl methyl sites for hydroxylation is 2. The summed E-state index contributed by atoms with van der Waals surface area (Å²) in [6, 6.07) is 20.2. The highest BCUT2D eigenvalue weighted by atomic mass is 16.5. The number of hydrogen-bond donors (Lipinski definition) is 0. The summed E-state index contributed by atoms with van der Waals surface area (Å²) in [6.45, 7) is 13.7. The first-order valence-corrected chi connectivity index (χ1v) is 12.8. The first-order valence-electron chi connectivity index (χ1n) is 12.8. The van der Waals surface area contributed by atoms with Crippen LogP contribution in [0.15, 0.2) is 60.8 Å². The molecule has 0 atom stereocenters. The Morgan fingerprint density at radius 2 is 1.63 bits per heavy atom. The molecular weight excluding hydrogens is 426 g/mol. The van der Waals surface area contributed by atoms with Gasteiger partial charge in [-0.3, -0.25) is 0 Å². The van der Waals surface area contributed by atoms with Gasteiger partial charge in [0.05, 0.1) is 10.9 Å². The second-order valence-corrected chi connectivity index (χ2v) is 11.7. The maximum absolute atomic E-state index is 6.92. The number of benzene rings is 4.